The fraction of sp³-hybridized carbons (Fsp3) is 0.686. The van der Waals surface area contributed by atoms with E-state index in [1.165, 1.54) is 167 Å². The summed E-state index contributed by atoms with van der Waals surface area (Å²) in [6.45, 7) is 4.53. The average Bonchev–Trinajstić information content (AvgIpc) is 3.21. The number of hydrogen-bond acceptors (Lipinski definition) is 6. The van der Waals surface area contributed by atoms with Crippen molar-refractivity contribution in [1.29, 1.82) is 0 Å². The molecule has 0 aliphatic carbocycles. The first-order chi connectivity index (χ1) is 27.8. The summed E-state index contributed by atoms with van der Waals surface area (Å²) in [4.78, 5) is 44.1. The van der Waals surface area contributed by atoms with Crippen LogP contribution < -0.4 is 10.2 Å². The maximum Gasteiger partial charge on any atom is 2.00 e. The van der Waals surface area contributed by atoms with Crippen molar-refractivity contribution in [2.75, 3.05) is 0 Å². The van der Waals surface area contributed by atoms with Gasteiger partial charge in [-0.25, -0.2) is 0 Å². The van der Waals surface area contributed by atoms with Crippen LogP contribution in [0.1, 0.15) is 246 Å². The van der Waals surface area contributed by atoms with E-state index in [4.69, 9.17) is 0 Å². The van der Waals surface area contributed by atoms with Crippen molar-refractivity contribution in [1.82, 2.24) is 0 Å². The van der Waals surface area contributed by atoms with Gasteiger partial charge in [-0.1, -0.05) is 254 Å². The summed E-state index contributed by atoms with van der Waals surface area (Å²) in [7, 11) is 0. The van der Waals surface area contributed by atoms with Crippen LogP contribution in [0, 0.1) is 0 Å². The summed E-state index contributed by atoms with van der Waals surface area (Å²) < 4.78 is 0. The molecule has 0 N–H and O–H groups in total. The van der Waals surface area contributed by atoms with Gasteiger partial charge in [0.15, 0.2) is 11.6 Å². The molecule has 0 aromatic heterocycles. The maximum atomic E-state index is 11.8. The summed E-state index contributed by atoms with van der Waals surface area (Å²) in [5.41, 5.74) is 1.16. The van der Waals surface area contributed by atoms with Gasteiger partial charge >= 0.3 is 57.2 Å². The third-order valence-corrected chi connectivity index (χ3v) is 10.5. The zero-order valence-corrected chi connectivity index (χ0v) is 43.1. The molecule has 324 valence electrons. The molecule has 0 atom stereocenters. The van der Waals surface area contributed by atoms with Gasteiger partial charge in [0.05, 0.1) is 6.42 Å². The second kappa shape index (κ2) is 49.3. The van der Waals surface area contributed by atoms with Crippen LogP contribution in [0.5, 0.6) is 0 Å². The average molecular weight is 897 g/mol. The van der Waals surface area contributed by atoms with Crippen molar-refractivity contribution in [3.63, 3.8) is 0 Å². The Morgan fingerprint density at radius 1 is 0.356 bits per heavy atom. The quantitative estimate of drug-likeness (QED) is 0.0291. The van der Waals surface area contributed by atoms with Crippen LogP contribution >= 0.6 is 0 Å². The van der Waals surface area contributed by atoms with Gasteiger partial charge < -0.3 is 19.8 Å². The topological polar surface area (TPSA) is 114 Å². The Labute approximate surface area is 404 Å². The molecule has 0 saturated heterocycles. The Morgan fingerprint density at radius 2 is 0.559 bits per heavy atom. The van der Waals surface area contributed by atoms with E-state index in [0.29, 0.717) is 11.1 Å². The van der Waals surface area contributed by atoms with Crippen LogP contribution in [0.25, 0.3) is 0 Å². The van der Waals surface area contributed by atoms with Crippen molar-refractivity contribution >= 4 is 61.2 Å². The van der Waals surface area contributed by atoms with E-state index in [1.807, 2.05) is 12.1 Å². The minimum Gasteiger partial charge on any atom is -0.550 e. The SMILES string of the molecule is CCCCCCCCCCCCCCCCCC(=O)[O-].CCCCCCCCCCCCCCCCCC(=O)[O-].O=C(CC(=O)c1ccccc1)c1ccccc1.[Ca+2].[Zn+2]. The third-order valence-electron chi connectivity index (χ3n) is 10.5. The number of benzene rings is 2. The molecule has 8 heteroatoms. The van der Waals surface area contributed by atoms with Gasteiger partial charge in [0, 0.05) is 23.1 Å². The van der Waals surface area contributed by atoms with Crippen molar-refractivity contribution in [3.8, 4) is 0 Å². The maximum absolute atomic E-state index is 11.8. The Hall–Kier alpha value is -1.40. The van der Waals surface area contributed by atoms with E-state index in [-0.39, 0.29) is 88.0 Å². The summed E-state index contributed by atoms with van der Waals surface area (Å²) in [5.74, 6) is -2.08. The largest absolute Gasteiger partial charge is 2.00 e. The molecule has 0 radical (unpaired) electrons. The smallest absolute Gasteiger partial charge is 0.550 e. The van der Waals surface area contributed by atoms with Crippen LogP contribution in [-0.2, 0) is 29.1 Å². The number of aliphatic carboxylic acids is 2. The number of carboxylic acids is 2. The van der Waals surface area contributed by atoms with Crippen LogP contribution in [0.2, 0.25) is 0 Å². The molecule has 2 aromatic rings. The van der Waals surface area contributed by atoms with E-state index in [0.717, 1.165) is 25.7 Å². The minimum atomic E-state index is -0.903. The monoisotopic (exact) mass is 895 g/mol. The van der Waals surface area contributed by atoms with Gasteiger partial charge in [0.25, 0.3) is 0 Å². The molecule has 0 saturated carbocycles. The van der Waals surface area contributed by atoms with E-state index in [2.05, 4.69) is 13.8 Å². The molecule has 0 unspecified atom stereocenters. The zero-order chi connectivity index (χ0) is 41.9. The molecule has 6 nitrogen and oxygen atoms in total. The van der Waals surface area contributed by atoms with Crippen LogP contribution in [0.15, 0.2) is 60.7 Å². The molecule has 0 fully saturated rings. The van der Waals surface area contributed by atoms with Gasteiger partial charge in [0.1, 0.15) is 0 Å². The number of unbranched alkanes of at least 4 members (excludes halogenated alkanes) is 28. The first kappa shape index (κ1) is 61.9. The molecule has 0 aliphatic rings. The normalized spacial score (nSPS) is 10.2. The molecule has 0 spiro atoms. The Morgan fingerprint density at radius 3 is 0.763 bits per heavy atom. The second-order valence-electron chi connectivity index (χ2n) is 15.9. The van der Waals surface area contributed by atoms with Crippen molar-refractivity contribution in [3.05, 3.63) is 71.8 Å². The number of Topliss-reactive ketones (excluding diaryl/α,β-unsaturated/α-hetero) is 2. The van der Waals surface area contributed by atoms with Gasteiger partial charge in [-0.05, 0) is 25.7 Å². The molecular formula is C51H82CaO6Zn+2. The first-order valence-corrected chi connectivity index (χ1v) is 23.4. The molecule has 2 aromatic carbocycles. The van der Waals surface area contributed by atoms with E-state index in [1.54, 1.807) is 48.5 Å². The minimum absolute atomic E-state index is 0. The molecule has 2 rings (SSSR count). The fourth-order valence-electron chi connectivity index (χ4n) is 6.88. The van der Waals surface area contributed by atoms with Crippen LogP contribution in [0.3, 0.4) is 0 Å². The number of hydrogen-bond donors (Lipinski definition) is 0. The predicted octanol–water partition coefficient (Wildman–Crippen LogP) is 12.8. The standard InChI is InChI=1S/2C18H36O2.C15H12O2.Ca.Zn/c2*1-2-3-4-5-6-7-8-9-10-11-12-13-14-15-16-17-18(19)20;16-14(12-7-3-1-4-8-12)11-15(17)13-9-5-2-6-10-13;;/h2*2-17H2,1H3,(H,19,20);1-10H,11H2;;/q;;;2*+2/p-2. The molecule has 0 aliphatic heterocycles. The summed E-state index contributed by atoms with van der Waals surface area (Å²) in [5, 5.41) is 20.4. The molecule has 0 bridgehead atoms. The summed E-state index contributed by atoms with van der Waals surface area (Å²) in [6, 6.07) is 17.7. The Bertz CT molecular complexity index is 1120. The zero-order valence-electron chi connectivity index (χ0n) is 38.0. The molecular weight excluding hydrogens is 814 g/mol. The molecule has 0 amide bonds. The second-order valence-corrected chi connectivity index (χ2v) is 15.9. The van der Waals surface area contributed by atoms with Crippen molar-refractivity contribution in [2.24, 2.45) is 0 Å². The van der Waals surface area contributed by atoms with Gasteiger partial charge in [-0.3, -0.25) is 9.59 Å². The third kappa shape index (κ3) is 45.9. The Balaban J connectivity index is -0.000000786. The first-order valence-electron chi connectivity index (χ1n) is 23.4. The number of carboxylic acid groups (broad SMARTS) is 2. The fourth-order valence-corrected chi connectivity index (χ4v) is 6.88. The van der Waals surface area contributed by atoms with Crippen LogP contribution in [-0.4, -0.2) is 61.2 Å². The number of rotatable bonds is 36. The molecule has 0 heterocycles. The number of ketones is 2. The summed E-state index contributed by atoms with van der Waals surface area (Å²) in [6.07, 6.45) is 39.6. The van der Waals surface area contributed by atoms with E-state index >= 15 is 0 Å². The van der Waals surface area contributed by atoms with Crippen molar-refractivity contribution < 1.29 is 48.9 Å². The molecule has 59 heavy (non-hydrogen) atoms. The summed E-state index contributed by atoms with van der Waals surface area (Å²) >= 11 is 0. The number of carbonyl (C=O) groups excluding carboxylic acids is 4. The predicted molar refractivity (Wildman–Crippen MR) is 241 cm³/mol. The Kier molecular flexibility index (Phi) is 51.7. The van der Waals surface area contributed by atoms with Crippen molar-refractivity contribution in [2.45, 2.75) is 226 Å². The van der Waals surface area contributed by atoms with Gasteiger partial charge in [-0.15, -0.1) is 0 Å². The van der Waals surface area contributed by atoms with Gasteiger partial charge in [-0.2, -0.15) is 0 Å². The van der Waals surface area contributed by atoms with E-state index in [9.17, 15) is 29.4 Å². The number of carbonyl (C=O) groups is 4. The van der Waals surface area contributed by atoms with Crippen LogP contribution in [0.4, 0.5) is 0 Å². The van der Waals surface area contributed by atoms with E-state index < -0.39 is 11.9 Å². The van der Waals surface area contributed by atoms with Gasteiger partial charge in [0.2, 0.25) is 0 Å².